The van der Waals surface area contributed by atoms with Crippen molar-refractivity contribution in [1.29, 1.82) is 0 Å². The van der Waals surface area contributed by atoms with E-state index < -0.39 is 36.3 Å². The smallest absolute Gasteiger partial charge is 0.338 e. The van der Waals surface area contributed by atoms with Gasteiger partial charge in [0.2, 0.25) is 5.95 Å². The van der Waals surface area contributed by atoms with Gasteiger partial charge in [0.15, 0.2) is 16.9 Å². The molecular formula is C26H30ClF3N6O3. The minimum atomic E-state index is -4.75. The van der Waals surface area contributed by atoms with Crippen molar-refractivity contribution >= 4 is 35.3 Å². The number of alkyl halides is 3. The van der Waals surface area contributed by atoms with Gasteiger partial charge in [-0.1, -0.05) is 42.0 Å². The molecule has 9 nitrogen and oxygen atoms in total. The van der Waals surface area contributed by atoms with Crippen molar-refractivity contribution < 1.29 is 18.0 Å². The molecule has 2 aromatic heterocycles. The van der Waals surface area contributed by atoms with E-state index in [1.165, 1.54) is 12.1 Å². The molecule has 0 amide bonds. The van der Waals surface area contributed by atoms with E-state index in [-0.39, 0.29) is 41.7 Å². The third-order valence-corrected chi connectivity index (χ3v) is 7.21. The van der Waals surface area contributed by atoms with Crippen molar-refractivity contribution in [2.75, 3.05) is 24.5 Å². The molecule has 3 aromatic rings. The molecule has 5 rings (SSSR count). The predicted octanol–water partition coefficient (Wildman–Crippen LogP) is 2.99. The molecule has 0 saturated carbocycles. The van der Waals surface area contributed by atoms with Gasteiger partial charge >= 0.3 is 11.9 Å². The standard InChI is InChI=1S/C26H29F3N6O3.ClH/c1-16(2)8-10-33-21-22(31-24(33)32-11-9-18-12-30-13-19(18)32)35(15-26(27,28)29)25(38)34(23(21)37)14-20(36)17-6-4-3-5-7-17;/h3-8,18-19,30H,9-15H2,1-2H3;1H. The normalized spacial score (nSPS) is 18.7. The highest BCUT2D eigenvalue weighted by atomic mass is 35.5. The van der Waals surface area contributed by atoms with Crippen molar-refractivity contribution in [3.63, 3.8) is 0 Å². The average molecular weight is 567 g/mol. The van der Waals surface area contributed by atoms with Crippen LogP contribution in [-0.4, -0.2) is 56.3 Å². The van der Waals surface area contributed by atoms with E-state index in [1.54, 1.807) is 22.8 Å². The number of halogens is 4. The van der Waals surface area contributed by atoms with Gasteiger partial charge in [0.05, 0.1) is 6.54 Å². The molecule has 2 saturated heterocycles. The number of anilines is 1. The number of nitrogens with zero attached hydrogens (tertiary/aromatic N) is 5. The van der Waals surface area contributed by atoms with Crippen LogP contribution in [0.15, 0.2) is 51.6 Å². The molecule has 39 heavy (non-hydrogen) atoms. The second-order valence-electron chi connectivity index (χ2n) is 10.1. The van der Waals surface area contributed by atoms with Gasteiger partial charge in [-0.25, -0.2) is 4.79 Å². The molecule has 2 fully saturated rings. The summed E-state index contributed by atoms with van der Waals surface area (Å²) in [6, 6.07) is 8.10. The number of aromatic nitrogens is 4. The third-order valence-electron chi connectivity index (χ3n) is 7.21. The molecule has 0 radical (unpaired) electrons. The van der Waals surface area contributed by atoms with Crippen LogP contribution in [0.2, 0.25) is 0 Å². The topological polar surface area (TPSA) is 94.2 Å². The summed E-state index contributed by atoms with van der Waals surface area (Å²) in [5.41, 5.74) is -1.32. The van der Waals surface area contributed by atoms with Gasteiger partial charge in [-0.2, -0.15) is 18.2 Å². The summed E-state index contributed by atoms with van der Waals surface area (Å²) in [6.45, 7) is 3.79. The summed E-state index contributed by atoms with van der Waals surface area (Å²) >= 11 is 0. The van der Waals surface area contributed by atoms with E-state index in [0.717, 1.165) is 18.5 Å². The lowest BCUT2D eigenvalue weighted by atomic mass is 10.1. The fourth-order valence-electron chi connectivity index (χ4n) is 5.36. The molecule has 2 unspecified atom stereocenters. The summed E-state index contributed by atoms with van der Waals surface area (Å²) in [4.78, 5) is 46.5. The van der Waals surface area contributed by atoms with E-state index in [1.807, 2.05) is 24.8 Å². The lowest BCUT2D eigenvalue weighted by molar-refractivity contribution is -0.140. The number of ketones is 1. The lowest BCUT2D eigenvalue weighted by Crippen LogP contribution is -2.44. The molecule has 1 aromatic carbocycles. The number of carbonyl (C=O) groups is 1. The Morgan fingerprint density at radius 1 is 1.10 bits per heavy atom. The van der Waals surface area contributed by atoms with Crippen LogP contribution in [0.4, 0.5) is 19.1 Å². The zero-order chi connectivity index (χ0) is 27.2. The maximum Gasteiger partial charge on any atom is 0.406 e. The first-order valence-corrected chi connectivity index (χ1v) is 12.5. The number of nitrogens with one attached hydrogen (secondary N) is 1. The molecule has 2 aliphatic heterocycles. The SMILES string of the molecule is CC(C)=CCn1c(N2CCC3CNCC32)nc2c1c(=O)n(CC(=O)c1ccccc1)c(=O)n2CC(F)(F)F.Cl. The fraction of sp³-hybridized carbons (Fsp3) is 0.462. The van der Waals surface area contributed by atoms with Gasteiger partial charge in [0, 0.05) is 37.8 Å². The van der Waals surface area contributed by atoms with Crippen LogP contribution in [0.5, 0.6) is 0 Å². The molecule has 4 heterocycles. The van der Waals surface area contributed by atoms with Crippen LogP contribution < -0.4 is 21.5 Å². The fourth-order valence-corrected chi connectivity index (χ4v) is 5.36. The zero-order valence-corrected chi connectivity index (χ0v) is 22.4. The minimum Gasteiger partial charge on any atom is -0.338 e. The summed E-state index contributed by atoms with van der Waals surface area (Å²) in [7, 11) is 0. The van der Waals surface area contributed by atoms with Crippen molar-refractivity contribution in [1.82, 2.24) is 24.0 Å². The minimum absolute atomic E-state index is 0. The van der Waals surface area contributed by atoms with E-state index in [2.05, 4.69) is 10.3 Å². The third kappa shape index (κ3) is 5.53. The monoisotopic (exact) mass is 566 g/mol. The molecule has 210 valence electrons. The predicted molar refractivity (Wildman–Crippen MR) is 144 cm³/mol. The molecule has 1 N–H and O–H groups in total. The Morgan fingerprint density at radius 3 is 2.49 bits per heavy atom. The Hall–Kier alpha value is -3.38. The molecule has 0 aliphatic carbocycles. The number of hydrogen-bond acceptors (Lipinski definition) is 6. The van der Waals surface area contributed by atoms with Gasteiger partial charge in [-0.05, 0) is 26.2 Å². The first-order chi connectivity index (χ1) is 18.0. The molecule has 13 heteroatoms. The highest BCUT2D eigenvalue weighted by Crippen LogP contribution is 2.33. The Balaban J connectivity index is 0.00000353. The zero-order valence-electron chi connectivity index (χ0n) is 21.6. The van der Waals surface area contributed by atoms with Crippen molar-refractivity contribution in [3.8, 4) is 0 Å². The molecular weight excluding hydrogens is 537 g/mol. The van der Waals surface area contributed by atoms with Crippen LogP contribution >= 0.6 is 12.4 Å². The summed E-state index contributed by atoms with van der Waals surface area (Å²) < 4.78 is 43.7. The lowest BCUT2D eigenvalue weighted by Gasteiger charge is -2.25. The summed E-state index contributed by atoms with van der Waals surface area (Å²) in [5, 5.41) is 3.34. The second-order valence-corrected chi connectivity index (χ2v) is 10.1. The molecule has 2 atom stereocenters. The molecule has 0 spiro atoms. The van der Waals surface area contributed by atoms with Gasteiger partial charge < -0.3 is 14.8 Å². The Kier molecular flexibility index (Phi) is 8.08. The van der Waals surface area contributed by atoms with E-state index in [0.29, 0.717) is 34.1 Å². The highest BCUT2D eigenvalue weighted by Gasteiger charge is 2.40. The summed E-state index contributed by atoms with van der Waals surface area (Å²) in [5.74, 6) is 0.162. The second kappa shape index (κ2) is 11.0. The summed E-state index contributed by atoms with van der Waals surface area (Å²) in [6.07, 6.45) is -2.02. The van der Waals surface area contributed by atoms with Crippen LogP contribution in [0.3, 0.4) is 0 Å². The van der Waals surface area contributed by atoms with Crippen LogP contribution in [0.25, 0.3) is 11.2 Å². The number of benzene rings is 1. The van der Waals surface area contributed by atoms with E-state index in [4.69, 9.17) is 0 Å². The highest BCUT2D eigenvalue weighted by molar-refractivity contribution is 5.96. The van der Waals surface area contributed by atoms with Crippen LogP contribution in [0.1, 0.15) is 30.6 Å². The van der Waals surface area contributed by atoms with Crippen molar-refractivity contribution in [2.45, 2.75) is 52.1 Å². The first kappa shape index (κ1) is 28.6. The maximum absolute atomic E-state index is 13.8. The quantitative estimate of drug-likeness (QED) is 0.349. The van der Waals surface area contributed by atoms with Crippen molar-refractivity contribution in [2.24, 2.45) is 5.92 Å². The average Bonchev–Trinajstić information content (AvgIpc) is 3.57. The van der Waals surface area contributed by atoms with E-state index >= 15 is 0 Å². The molecule has 0 bridgehead atoms. The first-order valence-electron chi connectivity index (χ1n) is 12.5. The Labute approximate surface area is 228 Å². The largest absolute Gasteiger partial charge is 0.406 e. The van der Waals surface area contributed by atoms with Gasteiger partial charge in [-0.3, -0.25) is 18.7 Å². The van der Waals surface area contributed by atoms with Gasteiger partial charge in [0.1, 0.15) is 6.54 Å². The number of imidazole rings is 1. The number of fused-ring (bicyclic) bond motifs is 2. The Bertz CT molecular complexity index is 1520. The maximum atomic E-state index is 13.8. The van der Waals surface area contributed by atoms with Gasteiger partial charge in [0.25, 0.3) is 5.56 Å². The Morgan fingerprint density at radius 2 is 1.82 bits per heavy atom. The van der Waals surface area contributed by atoms with E-state index in [9.17, 15) is 27.6 Å². The number of allylic oxidation sites excluding steroid dienone is 2. The number of hydrogen-bond donors (Lipinski definition) is 1. The van der Waals surface area contributed by atoms with Crippen LogP contribution in [0, 0.1) is 5.92 Å². The van der Waals surface area contributed by atoms with Crippen LogP contribution in [-0.2, 0) is 19.6 Å². The number of Topliss-reactive ketones (excluding diaryl/α,β-unsaturated/α-hetero) is 1. The number of carbonyl (C=O) groups excluding carboxylic acids is 1. The van der Waals surface area contributed by atoms with Crippen molar-refractivity contribution in [3.05, 3.63) is 68.4 Å². The van der Waals surface area contributed by atoms with Gasteiger partial charge in [-0.15, -0.1) is 12.4 Å². The molecule has 2 aliphatic rings. The number of rotatable bonds is 7.